The number of methoxy groups -OCH3 is 2. The summed E-state index contributed by atoms with van der Waals surface area (Å²) < 4.78 is 10.7. The van der Waals surface area contributed by atoms with Crippen LogP contribution in [0.4, 0.5) is 5.69 Å². The smallest absolute Gasteiger partial charge is 0.257 e. The van der Waals surface area contributed by atoms with Gasteiger partial charge in [-0.3, -0.25) is 9.89 Å². The molecule has 3 rings (SSSR count). The molecule has 0 saturated heterocycles. The second-order valence-electron chi connectivity index (χ2n) is 6.18. The van der Waals surface area contributed by atoms with Gasteiger partial charge in [-0.25, -0.2) is 0 Å². The fourth-order valence-electron chi connectivity index (χ4n) is 2.96. The van der Waals surface area contributed by atoms with Crippen LogP contribution in [0.25, 0.3) is 11.3 Å². The predicted octanol–water partition coefficient (Wildman–Crippen LogP) is 4.95. The summed E-state index contributed by atoms with van der Waals surface area (Å²) in [7, 11) is 3.16. The van der Waals surface area contributed by atoms with Crippen LogP contribution in [-0.4, -0.2) is 30.3 Å². The highest BCUT2D eigenvalue weighted by molar-refractivity contribution is 6.34. The minimum absolute atomic E-state index is 0.286. The molecule has 2 aromatic carbocycles. The number of nitrogens with one attached hydrogen (secondary N) is 2. The quantitative estimate of drug-likeness (QED) is 0.589. The van der Waals surface area contributed by atoms with Gasteiger partial charge in [0.05, 0.1) is 36.2 Å². The first kappa shape index (κ1) is 19.8. The van der Waals surface area contributed by atoms with Crippen molar-refractivity contribution in [3.63, 3.8) is 0 Å². The summed E-state index contributed by atoms with van der Waals surface area (Å²) in [5.74, 6) is 0.923. The number of hydrogen-bond donors (Lipinski definition) is 2. The van der Waals surface area contributed by atoms with Crippen molar-refractivity contribution in [3.8, 4) is 22.8 Å². The van der Waals surface area contributed by atoms with Gasteiger partial charge < -0.3 is 14.8 Å². The Bertz CT molecular complexity index is 985. The highest BCUT2D eigenvalue weighted by atomic mass is 35.5. The summed E-state index contributed by atoms with van der Waals surface area (Å²) in [4.78, 5) is 12.8. The molecular weight excluding hydrogens is 378 g/mol. The maximum absolute atomic E-state index is 12.8. The average molecular weight is 400 g/mol. The van der Waals surface area contributed by atoms with Gasteiger partial charge >= 0.3 is 0 Å². The van der Waals surface area contributed by atoms with Crippen LogP contribution in [0, 0.1) is 0 Å². The van der Waals surface area contributed by atoms with E-state index in [1.807, 2.05) is 18.2 Å². The first-order valence-electron chi connectivity index (χ1n) is 8.94. The van der Waals surface area contributed by atoms with Crippen LogP contribution in [0.2, 0.25) is 5.02 Å². The molecule has 6 nitrogen and oxygen atoms in total. The van der Waals surface area contributed by atoms with Crippen molar-refractivity contribution in [2.45, 2.75) is 19.8 Å². The average Bonchev–Trinajstić information content (AvgIpc) is 3.10. The Morgan fingerprint density at radius 1 is 1.14 bits per heavy atom. The van der Waals surface area contributed by atoms with E-state index in [1.54, 1.807) is 38.5 Å². The minimum atomic E-state index is -0.286. The van der Waals surface area contributed by atoms with Gasteiger partial charge in [-0.1, -0.05) is 37.1 Å². The Balaban J connectivity index is 2.02. The number of halogens is 1. The lowest BCUT2D eigenvalue weighted by molar-refractivity contribution is 0.102. The molecule has 0 aliphatic rings. The van der Waals surface area contributed by atoms with Crippen molar-refractivity contribution in [3.05, 3.63) is 58.7 Å². The van der Waals surface area contributed by atoms with Gasteiger partial charge in [-0.15, -0.1) is 0 Å². The lowest BCUT2D eigenvalue weighted by Gasteiger charge is -2.11. The number of benzene rings is 2. The van der Waals surface area contributed by atoms with Crippen molar-refractivity contribution in [1.29, 1.82) is 0 Å². The van der Waals surface area contributed by atoms with E-state index in [-0.39, 0.29) is 5.91 Å². The number of carbonyl (C=O) groups is 1. The predicted molar refractivity (Wildman–Crippen MR) is 111 cm³/mol. The van der Waals surface area contributed by atoms with E-state index in [0.717, 1.165) is 24.1 Å². The molecule has 1 amide bonds. The van der Waals surface area contributed by atoms with Crippen LogP contribution in [0.15, 0.2) is 42.5 Å². The third kappa shape index (κ3) is 3.97. The molecule has 2 N–H and O–H groups in total. The zero-order valence-corrected chi connectivity index (χ0v) is 16.8. The Kier molecular flexibility index (Phi) is 6.21. The van der Waals surface area contributed by atoms with E-state index >= 15 is 0 Å². The van der Waals surface area contributed by atoms with Crippen LogP contribution in [0.5, 0.6) is 11.5 Å². The minimum Gasteiger partial charge on any atom is -0.493 e. The van der Waals surface area contributed by atoms with Crippen molar-refractivity contribution >= 4 is 23.2 Å². The van der Waals surface area contributed by atoms with Crippen LogP contribution < -0.4 is 14.8 Å². The Morgan fingerprint density at radius 2 is 1.89 bits per heavy atom. The van der Waals surface area contributed by atoms with Gasteiger partial charge in [0.2, 0.25) is 0 Å². The second-order valence-corrected chi connectivity index (χ2v) is 6.59. The second kappa shape index (κ2) is 8.80. The molecule has 0 spiro atoms. The van der Waals surface area contributed by atoms with Crippen LogP contribution in [-0.2, 0) is 6.42 Å². The number of carbonyl (C=O) groups excluding carboxylic acids is 1. The van der Waals surface area contributed by atoms with Crippen molar-refractivity contribution < 1.29 is 14.3 Å². The summed E-state index contributed by atoms with van der Waals surface area (Å²) >= 11 is 6.18. The lowest BCUT2D eigenvalue weighted by atomic mass is 10.1. The molecular formula is C21H22ClN3O3. The molecule has 0 radical (unpaired) electrons. The molecule has 0 atom stereocenters. The van der Waals surface area contributed by atoms with E-state index in [2.05, 4.69) is 22.4 Å². The molecule has 0 aliphatic carbocycles. The SMILES string of the molecule is CCCc1[nH]nc(-c2ccc(OC)c(OC)c2)c1NC(=O)c1ccccc1Cl. The molecule has 3 aromatic rings. The molecule has 0 bridgehead atoms. The van der Waals surface area contributed by atoms with Crippen LogP contribution in [0.3, 0.4) is 0 Å². The topological polar surface area (TPSA) is 76.2 Å². The maximum atomic E-state index is 12.8. The highest BCUT2D eigenvalue weighted by Gasteiger charge is 2.20. The maximum Gasteiger partial charge on any atom is 0.257 e. The monoisotopic (exact) mass is 399 g/mol. The zero-order chi connectivity index (χ0) is 20.1. The van der Waals surface area contributed by atoms with Gasteiger partial charge in [0.15, 0.2) is 11.5 Å². The van der Waals surface area contributed by atoms with Gasteiger partial charge in [-0.2, -0.15) is 5.10 Å². The lowest BCUT2D eigenvalue weighted by Crippen LogP contribution is -2.14. The van der Waals surface area contributed by atoms with E-state index in [4.69, 9.17) is 21.1 Å². The molecule has 0 saturated carbocycles. The van der Waals surface area contributed by atoms with E-state index in [0.29, 0.717) is 33.5 Å². The van der Waals surface area contributed by atoms with Crippen LogP contribution in [0.1, 0.15) is 29.4 Å². The molecule has 0 unspecified atom stereocenters. The number of aromatic amines is 1. The number of nitrogens with zero attached hydrogens (tertiary/aromatic N) is 1. The number of rotatable bonds is 7. The third-order valence-corrected chi connectivity index (χ3v) is 4.68. The molecule has 28 heavy (non-hydrogen) atoms. The van der Waals surface area contributed by atoms with Gasteiger partial charge in [0, 0.05) is 5.56 Å². The van der Waals surface area contributed by atoms with Gasteiger partial charge in [0.25, 0.3) is 5.91 Å². The Hall–Kier alpha value is -2.99. The number of ether oxygens (including phenoxy) is 2. The largest absolute Gasteiger partial charge is 0.493 e. The summed E-state index contributed by atoms with van der Waals surface area (Å²) in [5.41, 5.74) is 3.33. The Morgan fingerprint density at radius 3 is 2.57 bits per heavy atom. The molecule has 0 fully saturated rings. The molecule has 1 heterocycles. The number of aromatic nitrogens is 2. The first-order chi connectivity index (χ1) is 13.6. The van der Waals surface area contributed by atoms with Crippen molar-refractivity contribution in [2.24, 2.45) is 0 Å². The van der Waals surface area contributed by atoms with Gasteiger partial charge in [-0.05, 0) is 36.8 Å². The summed E-state index contributed by atoms with van der Waals surface area (Å²) in [6.07, 6.45) is 1.65. The molecule has 7 heteroatoms. The van der Waals surface area contributed by atoms with E-state index in [9.17, 15) is 4.79 Å². The molecule has 1 aromatic heterocycles. The number of H-pyrrole nitrogens is 1. The third-order valence-electron chi connectivity index (χ3n) is 4.36. The van der Waals surface area contributed by atoms with Crippen LogP contribution >= 0.6 is 11.6 Å². The van der Waals surface area contributed by atoms with Gasteiger partial charge in [0.1, 0.15) is 5.69 Å². The van der Waals surface area contributed by atoms with E-state index < -0.39 is 0 Å². The fourth-order valence-corrected chi connectivity index (χ4v) is 3.18. The standard InChI is InChI=1S/C21H22ClN3O3/c1-4-7-16-20(23-21(26)14-8-5-6-9-15(14)22)19(25-24-16)13-10-11-17(27-2)18(12-13)28-3/h5-6,8-12H,4,7H2,1-3H3,(H,23,26)(H,24,25). The first-order valence-corrected chi connectivity index (χ1v) is 9.32. The molecule has 146 valence electrons. The Labute approximate surface area is 168 Å². The number of amides is 1. The zero-order valence-electron chi connectivity index (χ0n) is 16.0. The van der Waals surface area contributed by atoms with Crippen molar-refractivity contribution in [1.82, 2.24) is 10.2 Å². The normalized spacial score (nSPS) is 10.6. The fraction of sp³-hybridized carbons (Fsp3) is 0.238. The van der Waals surface area contributed by atoms with Crippen molar-refractivity contribution in [2.75, 3.05) is 19.5 Å². The summed E-state index contributed by atoms with van der Waals surface area (Å²) in [5, 5.41) is 10.9. The number of hydrogen-bond acceptors (Lipinski definition) is 4. The molecule has 0 aliphatic heterocycles. The number of anilines is 1. The highest BCUT2D eigenvalue weighted by Crippen LogP contribution is 2.36. The summed E-state index contributed by atoms with van der Waals surface area (Å²) in [6.45, 7) is 2.07. The van der Waals surface area contributed by atoms with E-state index in [1.165, 1.54) is 0 Å². The number of aryl methyl sites for hydroxylation is 1. The summed E-state index contributed by atoms with van der Waals surface area (Å²) in [6, 6.07) is 12.4.